The van der Waals surface area contributed by atoms with Gasteiger partial charge in [-0.1, -0.05) is 0 Å². The average Bonchev–Trinajstić information content (AvgIpc) is 2.81. The number of hydrogen-bond donors (Lipinski definition) is 1. The Balaban J connectivity index is 1.99. The van der Waals surface area contributed by atoms with Crippen LogP contribution in [0.3, 0.4) is 0 Å². The van der Waals surface area contributed by atoms with Crippen molar-refractivity contribution in [3.05, 3.63) is 34.1 Å². The molecule has 0 amide bonds. The minimum atomic E-state index is 0.0925. The first-order valence-corrected chi connectivity index (χ1v) is 6.89. The molecule has 0 aliphatic heterocycles. The molecule has 0 bridgehead atoms. The van der Waals surface area contributed by atoms with Crippen LogP contribution >= 0.6 is 11.3 Å². The Morgan fingerprint density at radius 1 is 1.50 bits per heavy atom. The van der Waals surface area contributed by atoms with Crippen molar-refractivity contribution in [3.63, 3.8) is 0 Å². The first-order chi connectivity index (χ1) is 8.72. The molecule has 2 aromatic rings. The molecular weight excluding hydrogens is 248 g/mol. The molecule has 18 heavy (non-hydrogen) atoms. The van der Waals surface area contributed by atoms with Gasteiger partial charge in [-0.05, 0) is 24.4 Å². The fourth-order valence-electron chi connectivity index (χ4n) is 1.92. The average molecular weight is 266 g/mol. The molecule has 0 fully saturated rings. The minimum Gasteiger partial charge on any atom is -0.383 e. The second kappa shape index (κ2) is 6.13. The Hall–Kier alpha value is -1.17. The molecule has 2 heterocycles. The van der Waals surface area contributed by atoms with Crippen molar-refractivity contribution < 1.29 is 4.74 Å². The number of rotatable bonds is 6. The summed E-state index contributed by atoms with van der Waals surface area (Å²) in [7, 11) is 1.69. The summed E-state index contributed by atoms with van der Waals surface area (Å²) >= 11 is 1.60. The van der Waals surface area contributed by atoms with Crippen LogP contribution < -0.4 is 10.9 Å². The standard InChI is InChI=1S/C13H18N2O2S/c1-10(9-17-2)14-5-7-15-6-3-12-11(13(15)16)4-8-18-12/h3-4,6,8,10,14H,5,7,9H2,1-2H3. The summed E-state index contributed by atoms with van der Waals surface area (Å²) in [4.78, 5) is 12.1. The molecule has 1 N–H and O–H groups in total. The fraction of sp³-hybridized carbons (Fsp3) is 0.462. The lowest BCUT2D eigenvalue weighted by atomic mass is 10.3. The van der Waals surface area contributed by atoms with Gasteiger partial charge in [0.2, 0.25) is 0 Å². The Kier molecular flexibility index (Phi) is 4.52. The van der Waals surface area contributed by atoms with Crippen LogP contribution in [0.4, 0.5) is 0 Å². The zero-order chi connectivity index (χ0) is 13.0. The van der Waals surface area contributed by atoms with Crippen LogP contribution in [0.25, 0.3) is 10.1 Å². The third-order valence-corrected chi connectivity index (χ3v) is 3.74. The lowest BCUT2D eigenvalue weighted by molar-refractivity contribution is 0.172. The highest BCUT2D eigenvalue weighted by Gasteiger charge is 2.04. The molecular formula is C13H18N2O2S. The number of fused-ring (bicyclic) bond motifs is 1. The van der Waals surface area contributed by atoms with Crippen LogP contribution in [0, 0.1) is 0 Å². The summed E-state index contributed by atoms with van der Waals surface area (Å²) in [5.74, 6) is 0. The second-order valence-corrected chi connectivity index (χ2v) is 5.27. The van der Waals surface area contributed by atoms with Gasteiger partial charge in [0.15, 0.2) is 0 Å². The third kappa shape index (κ3) is 2.98. The predicted molar refractivity (Wildman–Crippen MR) is 75.4 cm³/mol. The maximum absolute atomic E-state index is 12.1. The van der Waals surface area contributed by atoms with Gasteiger partial charge in [-0.15, -0.1) is 11.3 Å². The molecule has 1 unspecified atom stereocenters. The van der Waals surface area contributed by atoms with Gasteiger partial charge in [-0.3, -0.25) is 4.79 Å². The highest BCUT2D eigenvalue weighted by Crippen LogP contribution is 2.15. The van der Waals surface area contributed by atoms with Gasteiger partial charge in [0.25, 0.3) is 5.56 Å². The highest BCUT2D eigenvalue weighted by atomic mass is 32.1. The van der Waals surface area contributed by atoms with Crippen LogP contribution in [0.1, 0.15) is 6.92 Å². The molecule has 98 valence electrons. The Morgan fingerprint density at radius 2 is 2.33 bits per heavy atom. The summed E-state index contributed by atoms with van der Waals surface area (Å²) in [6, 6.07) is 4.19. The Morgan fingerprint density at radius 3 is 3.11 bits per heavy atom. The van der Waals surface area contributed by atoms with Crippen LogP contribution in [-0.2, 0) is 11.3 Å². The Labute approximate surface area is 110 Å². The van der Waals surface area contributed by atoms with E-state index in [1.54, 1.807) is 23.0 Å². The van der Waals surface area contributed by atoms with Crippen molar-refractivity contribution in [2.75, 3.05) is 20.3 Å². The lowest BCUT2D eigenvalue weighted by Crippen LogP contribution is -2.34. The molecule has 0 aliphatic rings. The monoisotopic (exact) mass is 266 g/mol. The van der Waals surface area contributed by atoms with E-state index in [1.165, 1.54) is 0 Å². The van der Waals surface area contributed by atoms with Crippen LogP contribution in [0.5, 0.6) is 0 Å². The highest BCUT2D eigenvalue weighted by molar-refractivity contribution is 7.17. The van der Waals surface area contributed by atoms with E-state index in [9.17, 15) is 4.79 Å². The molecule has 0 radical (unpaired) electrons. The number of ether oxygens (including phenoxy) is 1. The maximum atomic E-state index is 12.1. The maximum Gasteiger partial charge on any atom is 0.259 e. The first kappa shape index (κ1) is 13.3. The SMILES string of the molecule is COCC(C)NCCn1ccc2sccc2c1=O. The molecule has 0 saturated heterocycles. The quantitative estimate of drug-likeness (QED) is 0.865. The summed E-state index contributed by atoms with van der Waals surface area (Å²) < 4.78 is 7.85. The van der Waals surface area contributed by atoms with Gasteiger partial charge in [0, 0.05) is 37.1 Å². The number of hydrogen-bond acceptors (Lipinski definition) is 4. The molecule has 0 saturated carbocycles. The molecule has 0 aliphatic carbocycles. The van der Waals surface area contributed by atoms with E-state index in [-0.39, 0.29) is 5.56 Å². The van der Waals surface area contributed by atoms with E-state index in [2.05, 4.69) is 12.2 Å². The molecule has 4 nitrogen and oxygen atoms in total. The number of nitrogens with one attached hydrogen (secondary N) is 1. The molecule has 2 aromatic heterocycles. The van der Waals surface area contributed by atoms with Crippen molar-refractivity contribution in [1.29, 1.82) is 0 Å². The summed E-state index contributed by atoms with van der Waals surface area (Å²) in [5, 5.41) is 6.09. The van der Waals surface area contributed by atoms with Crippen LogP contribution in [0.15, 0.2) is 28.5 Å². The largest absolute Gasteiger partial charge is 0.383 e. The molecule has 0 aromatic carbocycles. The van der Waals surface area contributed by atoms with E-state index in [4.69, 9.17) is 4.74 Å². The van der Waals surface area contributed by atoms with Crippen LogP contribution in [0.2, 0.25) is 0 Å². The molecule has 1 atom stereocenters. The number of pyridine rings is 1. The van der Waals surface area contributed by atoms with Crippen molar-refractivity contribution in [1.82, 2.24) is 9.88 Å². The third-order valence-electron chi connectivity index (χ3n) is 2.85. The van der Waals surface area contributed by atoms with Crippen molar-refractivity contribution in [2.24, 2.45) is 0 Å². The van der Waals surface area contributed by atoms with Gasteiger partial charge < -0.3 is 14.6 Å². The van der Waals surface area contributed by atoms with Crippen LogP contribution in [-0.4, -0.2) is 30.9 Å². The topological polar surface area (TPSA) is 43.3 Å². The minimum absolute atomic E-state index is 0.0925. The lowest BCUT2D eigenvalue weighted by Gasteiger charge is -2.13. The van der Waals surface area contributed by atoms with E-state index in [0.717, 1.165) is 16.6 Å². The Bertz CT molecular complexity index is 561. The number of thiophene rings is 1. The van der Waals surface area contributed by atoms with Crippen molar-refractivity contribution in [3.8, 4) is 0 Å². The van der Waals surface area contributed by atoms with Gasteiger partial charge in [-0.25, -0.2) is 0 Å². The zero-order valence-electron chi connectivity index (χ0n) is 10.7. The summed E-state index contributed by atoms with van der Waals surface area (Å²) in [6.45, 7) is 4.19. The first-order valence-electron chi connectivity index (χ1n) is 6.01. The van der Waals surface area contributed by atoms with Gasteiger partial charge in [-0.2, -0.15) is 0 Å². The van der Waals surface area contributed by atoms with Crippen molar-refractivity contribution >= 4 is 21.4 Å². The van der Waals surface area contributed by atoms with E-state index >= 15 is 0 Å². The van der Waals surface area contributed by atoms with Crippen molar-refractivity contribution in [2.45, 2.75) is 19.5 Å². The van der Waals surface area contributed by atoms with Gasteiger partial charge in [0.1, 0.15) is 0 Å². The number of aromatic nitrogens is 1. The van der Waals surface area contributed by atoms with Gasteiger partial charge >= 0.3 is 0 Å². The van der Waals surface area contributed by atoms with Gasteiger partial charge in [0.05, 0.1) is 12.0 Å². The van der Waals surface area contributed by atoms with E-state index in [0.29, 0.717) is 19.2 Å². The van der Waals surface area contributed by atoms with E-state index in [1.807, 2.05) is 23.7 Å². The summed E-state index contributed by atoms with van der Waals surface area (Å²) in [5.41, 5.74) is 0.0925. The smallest absolute Gasteiger partial charge is 0.259 e. The molecule has 5 heteroatoms. The fourth-order valence-corrected chi connectivity index (χ4v) is 2.70. The van der Waals surface area contributed by atoms with E-state index < -0.39 is 0 Å². The number of methoxy groups -OCH3 is 1. The second-order valence-electron chi connectivity index (χ2n) is 4.32. The number of nitrogens with zero attached hydrogens (tertiary/aromatic N) is 1. The predicted octanol–water partition coefficient (Wildman–Crippen LogP) is 1.69. The molecule has 2 rings (SSSR count). The summed E-state index contributed by atoms with van der Waals surface area (Å²) in [6.07, 6.45) is 1.86. The zero-order valence-corrected chi connectivity index (χ0v) is 11.5. The normalized spacial score (nSPS) is 13.0. The molecule has 0 spiro atoms.